The summed E-state index contributed by atoms with van der Waals surface area (Å²) in [6.07, 6.45) is 0. The first-order valence-electron chi connectivity index (χ1n) is 9.19. The van der Waals surface area contributed by atoms with Gasteiger partial charge in [-0.05, 0) is 32.4 Å². The van der Waals surface area contributed by atoms with Gasteiger partial charge < -0.3 is 10.2 Å². The maximum absolute atomic E-state index is 12.8. The molecule has 138 valence electrons. The number of rotatable bonds is 5. The monoisotopic (exact) mass is 353 g/mol. The molecular formula is C20H27N5O. The molecule has 0 atom stereocenters. The van der Waals surface area contributed by atoms with E-state index in [1.165, 1.54) is 5.56 Å². The lowest BCUT2D eigenvalue weighted by Crippen LogP contribution is -2.48. The van der Waals surface area contributed by atoms with E-state index in [2.05, 4.69) is 44.5 Å². The Bertz CT molecular complexity index is 739. The summed E-state index contributed by atoms with van der Waals surface area (Å²) in [5, 5.41) is 3.18. The normalized spacial score (nSPS) is 15.3. The highest BCUT2D eigenvalue weighted by Gasteiger charge is 2.23. The summed E-state index contributed by atoms with van der Waals surface area (Å²) in [5.74, 6) is 0.507. The number of carbonyl (C=O) groups excluding carboxylic acids is 1. The van der Waals surface area contributed by atoms with E-state index in [4.69, 9.17) is 0 Å². The number of nitrogens with zero attached hydrogens (tertiary/aromatic N) is 4. The van der Waals surface area contributed by atoms with Crippen LogP contribution in [0.2, 0.25) is 0 Å². The second-order valence-electron chi connectivity index (χ2n) is 7.07. The fourth-order valence-corrected chi connectivity index (χ4v) is 3.11. The van der Waals surface area contributed by atoms with Crippen LogP contribution in [0.3, 0.4) is 0 Å². The number of nitrogens with one attached hydrogen (secondary N) is 1. The lowest BCUT2D eigenvalue weighted by Gasteiger charge is -2.34. The summed E-state index contributed by atoms with van der Waals surface area (Å²) in [6.45, 7) is 10.1. The third-order valence-electron chi connectivity index (χ3n) is 4.40. The largest absolute Gasteiger partial charge is 0.352 e. The summed E-state index contributed by atoms with van der Waals surface area (Å²) in [4.78, 5) is 25.9. The Morgan fingerprint density at radius 2 is 1.81 bits per heavy atom. The van der Waals surface area contributed by atoms with Crippen LogP contribution in [0.25, 0.3) is 0 Å². The molecule has 26 heavy (non-hydrogen) atoms. The summed E-state index contributed by atoms with van der Waals surface area (Å²) >= 11 is 0. The van der Waals surface area contributed by atoms with Gasteiger partial charge in [0.2, 0.25) is 5.95 Å². The van der Waals surface area contributed by atoms with Crippen molar-refractivity contribution in [3.63, 3.8) is 0 Å². The van der Waals surface area contributed by atoms with Gasteiger partial charge in [0.1, 0.15) is 5.69 Å². The fourth-order valence-electron chi connectivity index (χ4n) is 3.11. The van der Waals surface area contributed by atoms with Crippen LogP contribution in [-0.4, -0.2) is 57.9 Å². The minimum Gasteiger partial charge on any atom is -0.352 e. The lowest BCUT2D eigenvalue weighted by atomic mass is 10.2. The molecule has 1 amide bonds. The number of anilines is 1. The maximum Gasteiger partial charge on any atom is 0.272 e. The van der Waals surface area contributed by atoms with Gasteiger partial charge in [0, 0.05) is 44.5 Å². The van der Waals surface area contributed by atoms with E-state index in [1.807, 2.05) is 31.7 Å². The van der Waals surface area contributed by atoms with Gasteiger partial charge in [-0.15, -0.1) is 0 Å². The highest BCUT2D eigenvalue weighted by Crippen LogP contribution is 2.13. The second-order valence-corrected chi connectivity index (χ2v) is 7.07. The Kier molecular flexibility index (Phi) is 5.83. The predicted octanol–water partition coefficient (Wildman–Crippen LogP) is 2.56. The van der Waals surface area contributed by atoms with Gasteiger partial charge in [0.15, 0.2) is 0 Å². The van der Waals surface area contributed by atoms with Crippen LogP contribution in [0, 0.1) is 6.92 Å². The smallest absolute Gasteiger partial charge is 0.272 e. The molecule has 0 saturated carbocycles. The van der Waals surface area contributed by atoms with Crippen molar-refractivity contribution in [2.45, 2.75) is 33.4 Å². The molecule has 3 rings (SSSR count). The van der Waals surface area contributed by atoms with Crippen LogP contribution >= 0.6 is 0 Å². The molecule has 1 aromatic heterocycles. The molecule has 0 unspecified atom stereocenters. The number of piperazine rings is 1. The number of amides is 1. The molecule has 0 spiro atoms. The second kappa shape index (κ2) is 8.27. The molecule has 2 aromatic rings. The van der Waals surface area contributed by atoms with Gasteiger partial charge in [-0.1, -0.05) is 30.3 Å². The SMILES string of the molecule is Cc1cc(C(=O)N2CCN(Cc3ccccc3)CC2)nc(NC(C)C)n1. The van der Waals surface area contributed by atoms with Crippen LogP contribution in [-0.2, 0) is 6.54 Å². The molecule has 6 nitrogen and oxygen atoms in total. The minimum atomic E-state index is -0.0123. The number of hydrogen-bond acceptors (Lipinski definition) is 5. The number of benzene rings is 1. The van der Waals surface area contributed by atoms with Crippen LogP contribution in [0.15, 0.2) is 36.4 Å². The quantitative estimate of drug-likeness (QED) is 0.895. The van der Waals surface area contributed by atoms with Gasteiger partial charge in [-0.25, -0.2) is 9.97 Å². The van der Waals surface area contributed by atoms with Gasteiger partial charge in [-0.2, -0.15) is 0 Å². The van der Waals surface area contributed by atoms with Crippen molar-refractivity contribution in [1.82, 2.24) is 19.8 Å². The maximum atomic E-state index is 12.8. The Balaban J connectivity index is 1.60. The fraction of sp³-hybridized carbons (Fsp3) is 0.450. The van der Waals surface area contributed by atoms with Crippen molar-refractivity contribution in [3.05, 3.63) is 53.3 Å². The lowest BCUT2D eigenvalue weighted by molar-refractivity contribution is 0.0622. The predicted molar refractivity (Wildman–Crippen MR) is 103 cm³/mol. The molecule has 1 aliphatic heterocycles. The molecule has 1 N–H and O–H groups in total. The minimum absolute atomic E-state index is 0.0123. The molecule has 1 saturated heterocycles. The zero-order valence-electron chi connectivity index (χ0n) is 15.8. The standard InChI is InChI=1S/C20H27N5O/c1-15(2)21-20-22-16(3)13-18(23-20)19(26)25-11-9-24(10-12-25)14-17-7-5-4-6-8-17/h4-8,13,15H,9-12,14H2,1-3H3,(H,21,22,23). The molecule has 1 fully saturated rings. The molecule has 6 heteroatoms. The Labute approximate surface area is 155 Å². The van der Waals surface area contributed by atoms with Crippen molar-refractivity contribution in [2.24, 2.45) is 0 Å². The third-order valence-corrected chi connectivity index (χ3v) is 4.40. The Hall–Kier alpha value is -2.47. The van der Waals surface area contributed by atoms with E-state index in [0.29, 0.717) is 11.6 Å². The Morgan fingerprint density at radius 3 is 2.46 bits per heavy atom. The number of aromatic nitrogens is 2. The molecule has 0 radical (unpaired) electrons. The number of carbonyl (C=O) groups is 1. The highest BCUT2D eigenvalue weighted by molar-refractivity contribution is 5.92. The van der Waals surface area contributed by atoms with E-state index in [1.54, 1.807) is 6.07 Å². The molecule has 1 aromatic carbocycles. The first kappa shape index (κ1) is 18.3. The van der Waals surface area contributed by atoms with E-state index in [9.17, 15) is 4.79 Å². The summed E-state index contributed by atoms with van der Waals surface area (Å²) in [7, 11) is 0. The van der Waals surface area contributed by atoms with E-state index in [0.717, 1.165) is 38.4 Å². The van der Waals surface area contributed by atoms with Crippen molar-refractivity contribution < 1.29 is 4.79 Å². The van der Waals surface area contributed by atoms with Gasteiger partial charge >= 0.3 is 0 Å². The molecular weight excluding hydrogens is 326 g/mol. The van der Waals surface area contributed by atoms with Crippen LogP contribution in [0.1, 0.15) is 35.6 Å². The van der Waals surface area contributed by atoms with E-state index >= 15 is 0 Å². The van der Waals surface area contributed by atoms with Crippen molar-refractivity contribution >= 4 is 11.9 Å². The van der Waals surface area contributed by atoms with Crippen molar-refractivity contribution in [3.8, 4) is 0 Å². The zero-order valence-corrected chi connectivity index (χ0v) is 15.8. The van der Waals surface area contributed by atoms with Gasteiger partial charge in [-0.3, -0.25) is 9.69 Å². The number of hydrogen-bond donors (Lipinski definition) is 1. The van der Waals surface area contributed by atoms with Crippen LogP contribution < -0.4 is 5.32 Å². The van der Waals surface area contributed by atoms with Crippen LogP contribution in [0.4, 0.5) is 5.95 Å². The Morgan fingerprint density at radius 1 is 1.12 bits per heavy atom. The van der Waals surface area contributed by atoms with Crippen molar-refractivity contribution in [1.29, 1.82) is 0 Å². The summed E-state index contributed by atoms with van der Waals surface area (Å²) in [5.41, 5.74) is 2.58. The third kappa shape index (κ3) is 4.79. The van der Waals surface area contributed by atoms with E-state index in [-0.39, 0.29) is 11.9 Å². The zero-order chi connectivity index (χ0) is 18.5. The van der Waals surface area contributed by atoms with E-state index < -0.39 is 0 Å². The summed E-state index contributed by atoms with van der Waals surface area (Å²) in [6, 6.07) is 12.4. The average molecular weight is 353 g/mol. The molecule has 0 bridgehead atoms. The first-order valence-corrected chi connectivity index (χ1v) is 9.19. The number of aryl methyl sites for hydroxylation is 1. The highest BCUT2D eigenvalue weighted by atomic mass is 16.2. The van der Waals surface area contributed by atoms with Crippen LogP contribution in [0.5, 0.6) is 0 Å². The molecule has 2 heterocycles. The first-order chi connectivity index (χ1) is 12.5. The molecule has 1 aliphatic rings. The average Bonchev–Trinajstić information content (AvgIpc) is 2.61. The van der Waals surface area contributed by atoms with Crippen molar-refractivity contribution in [2.75, 3.05) is 31.5 Å². The van der Waals surface area contributed by atoms with Gasteiger partial charge in [0.05, 0.1) is 0 Å². The molecule has 0 aliphatic carbocycles. The summed E-state index contributed by atoms with van der Waals surface area (Å²) < 4.78 is 0. The van der Waals surface area contributed by atoms with Gasteiger partial charge in [0.25, 0.3) is 5.91 Å². The topological polar surface area (TPSA) is 61.4 Å².